The molecule has 3 nitrogen and oxygen atoms in total. The minimum Gasteiger partial charge on any atom is -0.481 e. The summed E-state index contributed by atoms with van der Waals surface area (Å²) in [6.45, 7) is 5.81. The molecule has 1 unspecified atom stereocenters. The summed E-state index contributed by atoms with van der Waals surface area (Å²) in [6.07, 6.45) is 9.68. The van der Waals surface area contributed by atoms with Crippen molar-refractivity contribution < 1.29 is 9.90 Å². The van der Waals surface area contributed by atoms with Gasteiger partial charge < -0.3 is 10.0 Å². The third-order valence-electron chi connectivity index (χ3n) is 4.70. The molecule has 0 aromatic rings. The fourth-order valence-corrected chi connectivity index (χ4v) is 3.73. The summed E-state index contributed by atoms with van der Waals surface area (Å²) in [5.41, 5.74) is 0.642. The van der Waals surface area contributed by atoms with Gasteiger partial charge in [-0.3, -0.25) is 4.79 Å². The third-order valence-corrected chi connectivity index (χ3v) is 4.70. The minimum absolute atomic E-state index is 0.320. The first-order valence-corrected chi connectivity index (χ1v) is 7.54. The van der Waals surface area contributed by atoms with Crippen LogP contribution < -0.4 is 0 Å². The Kier molecular flexibility index (Phi) is 4.66. The molecule has 0 amide bonds. The highest BCUT2D eigenvalue weighted by atomic mass is 16.4. The summed E-state index contributed by atoms with van der Waals surface area (Å²) < 4.78 is 0. The lowest BCUT2D eigenvalue weighted by atomic mass is 9.73. The summed E-state index contributed by atoms with van der Waals surface area (Å²) in [6, 6.07) is 0. The van der Waals surface area contributed by atoms with Crippen LogP contribution in [0.3, 0.4) is 0 Å². The molecule has 1 heterocycles. The van der Waals surface area contributed by atoms with Crippen molar-refractivity contribution in [2.75, 3.05) is 19.6 Å². The van der Waals surface area contributed by atoms with E-state index in [1.165, 1.54) is 51.6 Å². The van der Waals surface area contributed by atoms with Crippen LogP contribution in [0.4, 0.5) is 0 Å². The van der Waals surface area contributed by atoms with Crippen molar-refractivity contribution in [2.45, 2.75) is 58.3 Å². The SMILES string of the molecule is CC(CCC(=O)O)CN1CC2(CCCCCC2)C1. The molecule has 2 fully saturated rings. The maximum atomic E-state index is 10.5. The molecule has 1 aliphatic heterocycles. The fraction of sp³-hybridized carbons (Fsp3) is 0.933. The van der Waals surface area contributed by atoms with Gasteiger partial charge in [0, 0.05) is 26.1 Å². The number of carboxylic acid groups (broad SMARTS) is 1. The number of carboxylic acids is 1. The van der Waals surface area contributed by atoms with Crippen LogP contribution in [0, 0.1) is 11.3 Å². The molecule has 2 rings (SSSR count). The molecule has 0 aromatic heterocycles. The van der Waals surface area contributed by atoms with Crippen molar-refractivity contribution in [1.29, 1.82) is 0 Å². The molecule has 1 spiro atoms. The van der Waals surface area contributed by atoms with E-state index < -0.39 is 5.97 Å². The van der Waals surface area contributed by atoms with Gasteiger partial charge in [0.2, 0.25) is 0 Å². The highest BCUT2D eigenvalue weighted by molar-refractivity contribution is 5.66. The maximum Gasteiger partial charge on any atom is 0.303 e. The third kappa shape index (κ3) is 3.71. The van der Waals surface area contributed by atoms with Gasteiger partial charge in [0.25, 0.3) is 0 Å². The molecule has 0 bridgehead atoms. The maximum absolute atomic E-state index is 10.5. The van der Waals surface area contributed by atoms with Gasteiger partial charge in [0.1, 0.15) is 0 Å². The number of hydrogen-bond acceptors (Lipinski definition) is 2. The average molecular weight is 253 g/mol. The Hall–Kier alpha value is -0.570. The number of hydrogen-bond donors (Lipinski definition) is 1. The molecule has 1 saturated heterocycles. The van der Waals surface area contributed by atoms with Gasteiger partial charge in [0.15, 0.2) is 0 Å². The minimum atomic E-state index is -0.661. The molecule has 18 heavy (non-hydrogen) atoms. The van der Waals surface area contributed by atoms with E-state index >= 15 is 0 Å². The van der Waals surface area contributed by atoms with Crippen LogP contribution in [-0.4, -0.2) is 35.6 Å². The smallest absolute Gasteiger partial charge is 0.303 e. The van der Waals surface area contributed by atoms with Crippen LogP contribution in [-0.2, 0) is 4.79 Å². The van der Waals surface area contributed by atoms with E-state index in [0.717, 1.165) is 13.0 Å². The van der Waals surface area contributed by atoms with Crippen molar-refractivity contribution in [3.05, 3.63) is 0 Å². The van der Waals surface area contributed by atoms with E-state index in [-0.39, 0.29) is 0 Å². The van der Waals surface area contributed by atoms with E-state index in [4.69, 9.17) is 5.11 Å². The predicted octanol–water partition coefficient (Wildman–Crippen LogP) is 3.14. The second-order valence-corrected chi connectivity index (χ2v) is 6.62. The summed E-state index contributed by atoms with van der Waals surface area (Å²) in [5, 5.41) is 8.68. The highest BCUT2D eigenvalue weighted by Crippen LogP contribution is 2.42. The molecule has 1 aliphatic carbocycles. The number of nitrogens with zero attached hydrogens (tertiary/aromatic N) is 1. The first kappa shape index (κ1) is 13.9. The fourth-order valence-electron chi connectivity index (χ4n) is 3.73. The standard InChI is InChI=1S/C15H27NO2/c1-13(6-7-14(17)18)10-16-11-15(12-16)8-4-2-3-5-9-15/h13H,2-12H2,1H3,(H,17,18). The molecular formula is C15H27NO2. The normalized spacial score (nSPS) is 25.4. The monoisotopic (exact) mass is 253 g/mol. The lowest BCUT2D eigenvalue weighted by Gasteiger charge is -2.51. The molecule has 0 radical (unpaired) electrons. The van der Waals surface area contributed by atoms with E-state index in [9.17, 15) is 4.79 Å². The zero-order chi connectivity index (χ0) is 13.0. The highest BCUT2D eigenvalue weighted by Gasteiger charge is 2.42. The number of likely N-dealkylation sites (tertiary alicyclic amines) is 1. The van der Waals surface area contributed by atoms with Gasteiger partial charge in [-0.25, -0.2) is 0 Å². The topological polar surface area (TPSA) is 40.5 Å². The van der Waals surface area contributed by atoms with Crippen LogP contribution in [0.5, 0.6) is 0 Å². The average Bonchev–Trinajstić information content (AvgIpc) is 2.51. The van der Waals surface area contributed by atoms with Gasteiger partial charge >= 0.3 is 5.97 Å². The van der Waals surface area contributed by atoms with Crippen molar-refractivity contribution in [2.24, 2.45) is 11.3 Å². The molecule has 1 atom stereocenters. The first-order valence-electron chi connectivity index (χ1n) is 7.54. The second-order valence-electron chi connectivity index (χ2n) is 6.62. The molecule has 104 valence electrons. The van der Waals surface area contributed by atoms with Gasteiger partial charge in [-0.2, -0.15) is 0 Å². The van der Waals surface area contributed by atoms with Crippen molar-refractivity contribution in [3.63, 3.8) is 0 Å². The second kappa shape index (κ2) is 6.05. The Labute approximate surface area is 111 Å². The quantitative estimate of drug-likeness (QED) is 0.818. The Bertz CT molecular complexity index is 274. The molecule has 2 aliphatic rings. The zero-order valence-electron chi connectivity index (χ0n) is 11.7. The van der Waals surface area contributed by atoms with Gasteiger partial charge in [0.05, 0.1) is 0 Å². The zero-order valence-corrected chi connectivity index (χ0v) is 11.7. The Balaban J connectivity index is 1.67. The predicted molar refractivity (Wildman–Crippen MR) is 72.6 cm³/mol. The largest absolute Gasteiger partial charge is 0.481 e. The van der Waals surface area contributed by atoms with Gasteiger partial charge in [-0.05, 0) is 30.6 Å². The van der Waals surface area contributed by atoms with Crippen molar-refractivity contribution in [1.82, 2.24) is 4.90 Å². The van der Waals surface area contributed by atoms with E-state index in [2.05, 4.69) is 11.8 Å². The first-order chi connectivity index (χ1) is 8.60. The summed E-state index contributed by atoms with van der Waals surface area (Å²) in [5.74, 6) is -0.144. The van der Waals surface area contributed by atoms with Crippen molar-refractivity contribution >= 4 is 5.97 Å². The Morgan fingerprint density at radius 2 is 1.83 bits per heavy atom. The number of carbonyl (C=O) groups is 1. The Morgan fingerprint density at radius 1 is 1.22 bits per heavy atom. The van der Waals surface area contributed by atoms with Crippen LogP contribution in [0.2, 0.25) is 0 Å². The van der Waals surface area contributed by atoms with Crippen LogP contribution in [0.25, 0.3) is 0 Å². The van der Waals surface area contributed by atoms with E-state index in [1.807, 2.05) is 0 Å². The number of aliphatic carboxylic acids is 1. The molecular weight excluding hydrogens is 226 g/mol. The summed E-state index contributed by atoms with van der Waals surface area (Å²) >= 11 is 0. The molecule has 1 saturated carbocycles. The lowest BCUT2D eigenvalue weighted by Crippen LogP contribution is -2.56. The summed E-state index contributed by atoms with van der Waals surface area (Å²) in [7, 11) is 0. The van der Waals surface area contributed by atoms with Crippen LogP contribution in [0.1, 0.15) is 58.3 Å². The molecule has 3 heteroatoms. The Morgan fingerprint density at radius 3 is 2.39 bits per heavy atom. The van der Waals surface area contributed by atoms with Crippen LogP contribution >= 0.6 is 0 Å². The van der Waals surface area contributed by atoms with E-state index in [1.54, 1.807) is 0 Å². The van der Waals surface area contributed by atoms with Gasteiger partial charge in [-0.15, -0.1) is 0 Å². The van der Waals surface area contributed by atoms with E-state index in [0.29, 0.717) is 17.8 Å². The molecule has 1 N–H and O–H groups in total. The van der Waals surface area contributed by atoms with Crippen LogP contribution in [0.15, 0.2) is 0 Å². The van der Waals surface area contributed by atoms with Crippen molar-refractivity contribution in [3.8, 4) is 0 Å². The lowest BCUT2D eigenvalue weighted by molar-refractivity contribution is -0.137. The number of rotatable bonds is 5. The molecule has 0 aromatic carbocycles. The summed E-state index contributed by atoms with van der Waals surface area (Å²) in [4.78, 5) is 13.1. The van der Waals surface area contributed by atoms with Gasteiger partial charge in [-0.1, -0.05) is 32.6 Å².